The number of hydrogen-bond donors (Lipinski definition) is 3. The summed E-state index contributed by atoms with van der Waals surface area (Å²) in [5.41, 5.74) is 4.95. The van der Waals surface area contributed by atoms with Crippen LogP contribution in [-0.2, 0) is 0 Å². The molecule has 3 aromatic rings. The highest BCUT2D eigenvalue weighted by Crippen LogP contribution is 2.38. The van der Waals surface area contributed by atoms with E-state index in [0.717, 1.165) is 18.2 Å². The zero-order valence-corrected chi connectivity index (χ0v) is 19.1. The molecule has 0 saturated carbocycles. The summed E-state index contributed by atoms with van der Waals surface area (Å²) < 4.78 is 68.6. The van der Waals surface area contributed by atoms with Gasteiger partial charge in [0, 0.05) is 23.4 Å². The first kappa shape index (κ1) is 26.2. The Hall–Kier alpha value is -3.42. The number of ether oxygens (including phenoxy) is 2. The molecule has 2 atom stereocenters. The van der Waals surface area contributed by atoms with E-state index in [9.17, 15) is 22.7 Å². The molecule has 0 radical (unpaired) electrons. The highest BCUT2D eigenvalue weighted by atomic mass is 35.5. The van der Waals surface area contributed by atoms with Crippen LogP contribution in [0, 0.1) is 11.6 Å². The van der Waals surface area contributed by atoms with Crippen molar-refractivity contribution >= 4 is 17.9 Å². The monoisotopic (exact) mass is 517 g/mol. The summed E-state index contributed by atoms with van der Waals surface area (Å²) in [6, 6.07) is 3.52. The van der Waals surface area contributed by atoms with Crippen molar-refractivity contribution in [2.45, 2.75) is 25.6 Å². The first-order chi connectivity index (χ1) is 16.7. The van der Waals surface area contributed by atoms with E-state index in [1.54, 1.807) is 6.92 Å². The van der Waals surface area contributed by atoms with Crippen molar-refractivity contribution in [1.82, 2.24) is 21.0 Å². The average molecular weight is 518 g/mol. The standard InChI is InChI=1S/C21H20ClF4N5O4/c1-10(28-9-29-30-21(32)16-6-18(33-2)31-35-16)19-15(24)3-11(7-27-19)13-4-12(23)5-14(22)20(13)34-8-17(25)26/h3-7,9-10,17,21,30,32H,8H2,1-2H3,(H,28,29). The fourth-order valence-corrected chi connectivity index (χ4v) is 3.14. The van der Waals surface area contributed by atoms with E-state index in [4.69, 9.17) is 25.6 Å². The molecule has 14 heteroatoms. The third-order valence-electron chi connectivity index (χ3n) is 4.51. The zero-order chi connectivity index (χ0) is 25.5. The number of nitrogens with one attached hydrogen (secondary N) is 2. The van der Waals surface area contributed by atoms with Crippen LogP contribution in [-0.4, -0.2) is 41.7 Å². The molecular formula is C21H20ClF4N5O4. The van der Waals surface area contributed by atoms with Gasteiger partial charge in [-0.25, -0.2) is 23.0 Å². The number of methoxy groups -OCH3 is 1. The molecule has 0 saturated heterocycles. The highest BCUT2D eigenvalue weighted by molar-refractivity contribution is 6.32. The number of aromatic nitrogens is 2. The van der Waals surface area contributed by atoms with Crippen molar-refractivity contribution in [3.8, 4) is 22.8 Å². The van der Waals surface area contributed by atoms with Gasteiger partial charge in [0.1, 0.15) is 29.7 Å². The molecule has 9 nitrogen and oxygen atoms in total. The van der Waals surface area contributed by atoms with E-state index in [-0.39, 0.29) is 39.2 Å². The molecule has 0 bridgehead atoms. The normalized spacial score (nSPS) is 13.3. The highest BCUT2D eigenvalue weighted by Gasteiger charge is 2.19. The molecular weight excluding hydrogens is 498 g/mol. The van der Waals surface area contributed by atoms with Crippen LogP contribution in [0.3, 0.4) is 0 Å². The maximum atomic E-state index is 14.8. The van der Waals surface area contributed by atoms with Crippen molar-refractivity contribution in [3.63, 3.8) is 0 Å². The van der Waals surface area contributed by atoms with Gasteiger partial charge in [-0.05, 0) is 30.3 Å². The summed E-state index contributed by atoms with van der Waals surface area (Å²) in [7, 11) is 1.39. The number of pyridine rings is 1. The predicted molar refractivity (Wildman–Crippen MR) is 117 cm³/mol. The number of nitrogens with zero attached hydrogens (tertiary/aromatic N) is 3. The van der Waals surface area contributed by atoms with Crippen molar-refractivity contribution in [2.24, 2.45) is 4.99 Å². The third-order valence-corrected chi connectivity index (χ3v) is 4.79. The van der Waals surface area contributed by atoms with Gasteiger partial charge in [0.2, 0.25) is 0 Å². The number of aliphatic imine (C=N–C) groups is 1. The van der Waals surface area contributed by atoms with Gasteiger partial charge in [-0.2, -0.15) is 0 Å². The number of aliphatic hydroxyl groups is 1. The second-order valence-corrected chi connectivity index (χ2v) is 7.38. The molecule has 2 heterocycles. The van der Waals surface area contributed by atoms with Crippen molar-refractivity contribution in [1.29, 1.82) is 0 Å². The molecule has 0 amide bonds. The molecule has 3 N–H and O–H groups in total. The summed E-state index contributed by atoms with van der Waals surface area (Å²) in [5.74, 6) is -1.50. The number of benzene rings is 1. The number of hydrogen-bond acceptors (Lipinski definition) is 8. The first-order valence-corrected chi connectivity index (χ1v) is 10.3. The Kier molecular flexibility index (Phi) is 8.84. The van der Waals surface area contributed by atoms with Crippen LogP contribution in [0.25, 0.3) is 11.1 Å². The quantitative estimate of drug-likeness (QED) is 0.114. The van der Waals surface area contributed by atoms with Crippen LogP contribution >= 0.6 is 11.6 Å². The van der Waals surface area contributed by atoms with Gasteiger partial charge < -0.3 is 24.5 Å². The average Bonchev–Trinajstić information content (AvgIpc) is 3.30. The SMILES string of the molecule is COc1cc(C(O)NNC=NC(C)c2ncc(-c3cc(F)cc(Cl)c3OCC(F)F)cc2F)on1. The van der Waals surface area contributed by atoms with Gasteiger partial charge in [0.05, 0.1) is 24.5 Å². The molecule has 0 aliphatic carbocycles. The second-order valence-electron chi connectivity index (χ2n) is 6.97. The molecule has 0 aliphatic heterocycles. The van der Waals surface area contributed by atoms with Gasteiger partial charge in [-0.15, -0.1) is 0 Å². The smallest absolute Gasteiger partial charge is 0.272 e. The minimum Gasteiger partial charge on any atom is -0.485 e. The Balaban J connectivity index is 1.70. The van der Waals surface area contributed by atoms with Gasteiger partial charge in [0.25, 0.3) is 12.3 Å². The van der Waals surface area contributed by atoms with E-state index in [1.807, 2.05) is 0 Å². The largest absolute Gasteiger partial charge is 0.485 e. The van der Waals surface area contributed by atoms with E-state index in [0.29, 0.717) is 0 Å². The third kappa shape index (κ3) is 6.81. The van der Waals surface area contributed by atoms with Crippen LogP contribution in [0.5, 0.6) is 11.6 Å². The topological polar surface area (TPSA) is 114 Å². The van der Waals surface area contributed by atoms with Crippen LogP contribution in [0.2, 0.25) is 5.02 Å². The Bertz CT molecular complexity index is 1180. The van der Waals surface area contributed by atoms with Crippen LogP contribution in [0.1, 0.15) is 30.6 Å². The molecule has 1 aromatic carbocycles. The molecule has 3 rings (SSSR count). The van der Waals surface area contributed by atoms with E-state index >= 15 is 0 Å². The van der Waals surface area contributed by atoms with Gasteiger partial charge in [0.15, 0.2) is 12.0 Å². The van der Waals surface area contributed by atoms with E-state index in [1.165, 1.54) is 25.7 Å². The number of aliphatic hydroxyl groups excluding tert-OH is 1. The maximum absolute atomic E-state index is 14.8. The Morgan fingerprint density at radius 2 is 2.03 bits per heavy atom. The summed E-state index contributed by atoms with van der Waals surface area (Å²) in [6.07, 6.45) is -1.68. The number of rotatable bonds is 11. The summed E-state index contributed by atoms with van der Waals surface area (Å²) in [5, 5.41) is 13.2. The number of hydrazine groups is 1. The minimum absolute atomic E-state index is 0.0337. The minimum atomic E-state index is -2.79. The maximum Gasteiger partial charge on any atom is 0.272 e. The van der Waals surface area contributed by atoms with Crippen molar-refractivity contribution < 1.29 is 36.7 Å². The number of halogens is 5. The second kappa shape index (κ2) is 11.8. The Labute approximate surface area is 201 Å². The lowest BCUT2D eigenvalue weighted by Gasteiger charge is -2.15. The van der Waals surface area contributed by atoms with Gasteiger partial charge in [-0.1, -0.05) is 11.6 Å². The van der Waals surface area contributed by atoms with Crippen LogP contribution in [0.4, 0.5) is 17.6 Å². The predicted octanol–water partition coefficient (Wildman–Crippen LogP) is 4.20. The van der Waals surface area contributed by atoms with Gasteiger partial charge in [-0.3, -0.25) is 9.98 Å². The summed E-state index contributed by atoms with van der Waals surface area (Å²) >= 11 is 5.94. The van der Waals surface area contributed by atoms with Crippen LogP contribution in [0.15, 0.2) is 40.0 Å². The molecule has 2 aromatic heterocycles. The molecule has 2 unspecified atom stereocenters. The lowest BCUT2D eigenvalue weighted by atomic mass is 10.0. The van der Waals surface area contributed by atoms with Crippen molar-refractivity contribution in [2.75, 3.05) is 13.7 Å². The number of alkyl halides is 2. The van der Waals surface area contributed by atoms with E-state index < -0.39 is 36.9 Å². The molecule has 0 spiro atoms. The van der Waals surface area contributed by atoms with Gasteiger partial charge >= 0.3 is 0 Å². The van der Waals surface area contributed by atoms with Crippen LogP contribution < -0.4 is 20.3 Å². The summed E-state index contributed by atoms with van der Waals surface area (Å²) in [4.78, 5) is 8.10. The summed E-state index contributed by atoms with van der Waals surface area (Å²) in [6.45, 7) is 0.578. The molecule has 0 fully saturated rings. The molecule has 35 heavy (non-hydrogen) atoms. The fraction of sp³-hybridized carbons (Fsp3) is 0.286. The molecule has 188 valence electrons. The lowest BCUT2D eigenvalue weighted by Crippen LogP contribution is -2.34. The Morgan fingerprint density at radius 3 is 2.69 bits per heavy atom. The fourth-order valence-electron chi connectivity index (χ4n) is 2.88. The first-order valence-electron chi connectivity index (χ1n) is 9.96. The molecule has 0 aliphatic rings. The van der Waals surface area contributed by atoms with Crippen molar-refractivity contribution in [3.05, 3.63) is 58.6 Å². The zero-order valence-electron chi connectivity index (χ0n) is 18.3. The van der Waals surface area contributed by atoms with E-state index in [2.05, 4.69) is 26.0 Å². The lowest BCUT2D eigenvalue weighted by molar-refractivity contribution is 0.0822. The Morgan fingerprint density at radius 1 is 1.26 bits per heavy atom.